The molecule has 17 heavy (non-hydrogen) atoms. The minimum atomic E-state index is -0.617. The van der Waals surface area contributed by atoms with E-state index in [1.807, 2.05) is 0 Å². The fourth-order valence-electron chi connectivity index (χ4n) is 2.97. The van der Waals surface area contributed by atoms with E-state index >= 15 is 0 Å². The first-order chi connectivity index (χ1) is 7.94. The molecule has 2 aliphatic rings. The van der Waals surface area contributed by atoms with Crippen molar-refractivity contribution in [2.75, 3.05) is 0 Å². The van der Waals surface area contributed by atoms with E-state index in [1.54, 1.807) is 0 Å². The number of primary amides is 1. The van der Waals surface area contributed by atoms with Crippen LogP contribution in [0.2, 0.25) is 0 Å². The van der Waals surface area contributed by atoms with E-state index in [9.17, 15) is 4.79 Å². The third-order valence-electron chi connectivity index (χ3n) is 3.55. The van der Waals surface area contributed by atoms with E-state index in [0.717, 1.165) is 37.8 Å². The number of hydrogen-bond acceptors (Lipinski definition) is 3. The topological polar surface area (TPSA) is 76.7 Å². The molecule has 0 unspecified atom stereocenters. The standard InChI is InChI=1S/C12H21N3O2/c1-11(2)8-9(14-15-10(13)16)12(17-11)6-4-3-5-7-12/h3-8H2,1-2H3,(H3,13,15,16)/b14-9-. The number of amides is 2. The van der Waals surface area contributed by atoms with Gasteiger partial charge in [-0.05, 0) is 26.7 Å². The van der Waals surface area contributed by atoms with Crippen molar-refractivity contribution in [2.45, 2.75) is 63.6 Å². The minimum Gasteiger partial charge on any atom is -0.363 e. The zero-order valence-electron chi connectivity index (χ0n) is 10.6. The number of carbonyl (C=O) groups is 1. The number of hydrogen-bond donors (Lipinski definition) is 2. The number of nitrogens with two attached hydrogens (primary N) is 1. The van der Waals surface area contributed by atoms with Crippen LogP contribution in [0.3, 0.4) is 0 Å². The lowest BCUT2D eigenvalue weighted by atomic mass is 9.81. The molecule has 5 heteroatoms. The molecule has 1 saturated heterocycles. The molecule has 0 aromatic carbocycles. The summed E-state index contributed by atoms with van der Waals surface area (Å²) in [7, 11) is 0. The molecule has 3 N–H and O–H groups in total. The van der Waals surface area contributed by atoms with Crippen LogP contribution < -0.4 is 11.2 Å². The Morgan fingerprint density at radius 2 is 2.00 bits per heavy atom. The second kappa shape index (κ2) is 4.29. The van der Waals surface area contributed by atoms with Gasteiger partial charge >= 0.3 is 6.03 Å². The lowest BCUT2D eigenvalue weighted by Gasteiger charge is -2.34. The predicted molar refractivity (Wildman–Crippen MR) is 65.8 cm³/mol. The Kier molecular flexibility index (Phi) is 3.12. The van der Waals surface area contributed by atoms with Crippen molar-refractivity contribution in [3.8, 4) is 0 Å². The molecule has 2 rings (SSSR count). The highest BCUT2D eigenvalue weighted by molar-refractivity contribution is 5.95. The highest BCUT2D eigenvalue weighted by Crippen LogP contribution is 2.44. The van der Waals surface area contributed by atoms with E-state index in [2.05, 4.69) is 24.4 Å². The van der Waals surface area contributed by atoms with Gasteiger partial charge in [-0.15, -0.1) is 0 Å². The van der Waals surface area contributed by atoms with Gasteiger partial charge in [0.05, 0.1) is 11.3 Å². The Morgan fingerprint density at radius 3 is 2.59 bits per heavy atom. The van der Waals surface area contributed by atoms with Crippen LogP contribution in [0.5, 0.6) is 0 Å². The van der Waals surface area contributed by atoms with Gasteiger partial charge in [0.15, 0.2) is 0 Å². The van der Waals surface area contributed by atoms with E-state index in [1.165, 1.54) is 6.42 Å². The van der Waals surface area contributed by atoms with Gasteiger partial charge in [-0.1, -0.05) is 19.3 Å². The fourth-order valence-corrected chi connectivity index (χ4v) is 2.97. The largest absolute Gasteiger partial charge is 0.363 e. The second-order valence-electron chi connectivity index (χ2n) is 5.63. The molecule has 1 aliphatic carbocycles. The molecular weight excluding hydrogens is 218 g/mol. The zero-order valence-corrected chi connectivity index (χ0v) is 10.6. The maximum atomic E-state index is 10.8. The second-order valence-corrected chi connectivity index (χ2v) is 5.63. The summed E-state index contributed by atoms with van der Waals surface area (Å²) in [5.74, 6) is 0. The molecule has 1 spiro atoms. The van der Waals surface area contributed by atoms with Crippen molar-refractivity contribution in [3.05, 3.63) is 0 Å². The highest BCUT2D eigenvalue weighted by Gasteiger charge is 2.49. The average molecular weight is 239 g/mol. The monoisotopic (exact) mass is 239 g/mol. The highest BCUT2D eigenvalue weighted by atomic mass is 16.5. The van der Waals surface area contributed by atoms with Gasteiger partial charge in [0.25, 0.3) is 0 Å². The molecule has 1 aliphatic heterocycles. The summed E-state index contributed by atoms with van der Waals surface area (Å²) in [5, 5.41) is 4.16. The number of nitrogens with one attached hydrogen (secondary N) is 1. The van der Waals surface area contributed by atoms with Crippen LogP contribution in [0, 0.1) is 0 Å². The summed E-state index contributed by atoms with van der Waals surface area (Å²) in [4.78, 5) is 10.8. The van der Waals surface area contributed by atoms with Crippen molar-refractivity contribution in [1.82, 2.24) is 5.43 Å². The Balaban J connectivity index is 2.21. The molecule has 5 nitrogen and oxygen atoms in total. The molecule has 0 atom stereocenters. The first-order valence-corrected chi connectivity index (χ1v) is 6.26. The lowest BCUT2D eigenvalue weighted by Crippen LogP contribution is -2.40. The van der Waals surface area contributed by atoms with Gasteiger partial charge in [-0.2, -0.15) is 5.10 Å². The van der Waals surface area contributed by atoms with Crippen molar-refractivity contribution in [2.24, 2.45) is 10.8 Å². The molecule has 2 fully saturated rings. The van der Waals surface area contributed by atoms with Gasteiger partial charge in [0.1, 0.15) is 5.60 Å². The number of urea groups is 1. The third kappa shape index (κ3) is 2.60. The van der Waals surface area contributed by atoms with Gasteiger partial charge in [-0.3, -0.25) is 0 Å². The quantitative estimate of drug-likeness (QED) is 0.686. The first-order valence-electron chi connectivity index (χ1n) is 6.26. The normalized spacial score (nSPS) is 28.5. The Hall–Kier alpha value is -1.10. The van der Waals surface area contributed by atoms with Crippen LogP contribution in [0.4, 0.5) is 4.79 Å². The summed E-state index contributed by atoms with van der Waals surface area (Å²) in [6.07, 6.45) is 6.32. The molecule has 2 amide bonds. The van der Waals surface area contributed by atoms with E-state index in [0.29, 0.717) is 0 Å². The minimum absolute atomic E-state index is 0.199. The summed E-state index contributed by atoms with van der Waals surface area (Å²) < 4.78 is 6.20. The first kappa shape index (κ1) is 12.4. The average Bonchev–Trinajstić information content (AvgIpc) is 2.47. The van der Waals surface area contributed by atoms with Gasteiger partial charge in [0, 0.05) is 6.42 Å². The zero-order chi connectivity index (χ0) is 12.5. The molecule has 0 radical (unpaired) electrons. The van der Waals surface area contributed by atoms with Gasteiger partial charge in [-0.25, -0.2) is 10.2 Å². The Labute approximate surface area is 102 Å². The van der Waals surface area contributed by atoms with Crippen LogP contribution in [0.25, 0.3) is 0 Å². The van der Waals surface area contributed by atoms with Crippen LogP contribution in [-0.4, -0.2) is 22.9 Å². The SMILES string of the molecule is CC1(C)C/C(=N/NC(N)=O)C2(CCCCC2)O1. The molecule has 0 bridgehead atoms. The number of nitrogens with zero attached hydrogens (tertiary/aromatic N) is 1. The summed E-state index contributed by atoms with van der Waals surface area (Å²) in [6.45, 7) is 4.13. The predicted octanol–water partition coefficient (Wildman–Crippen LogP) is 1.91. The van der Waals surface area contributed by atoms with Gasteiger partial charge < -0.3 is 10.5 Å². The number of rotatable bonds is 1. The van der Waals surface area contributed by atoms with Crippen molar-refractivity contribution in [1.29, 1.82) is 0 Å². The van der Waals surface area contributed by atoms with Crippen molar-refractivity contribution < 1.29 is 9.53 Å². The lowest BCUT2D eigenvalue weighted by molar-refractivity contribution is -0.0856. The summed E-state index contributed by atoms with van der Waals surface area (Å²) >= 11 is 0. The van der Waals surface area contributed by atoms with Gasteiger partial charge in [0.2, 0.25) is 0 Å². The molecule has 1 heterocycles. The molecule has 0 aromatic heterocycles. The Bertz CT molecular complexity index is 344. The number of ether oxygens (including phenoxy) is 1. The molecule has 1 saturated carbocycles. The van der Waals surface area contributed by atoms with E-state index in [-0.39, 0.29) is 11.2 Å². The van der Waals surface area contributed by atoms with E-state index < -0.39 is 6.03 Å². The van der Waals surface area contributed by atoms with Crippen LogP contribution in [0.1, 0.15) is 52.4 Å². The molecular formula is C12H21N3O2. The number of carbonyl (C=O) groups excluding carboxylic acids is 1. The van der Waals surface area contributed by atoms with Crippen molar-refractivity contribution in [3.63, 3.8) is 0 Å². The van der Waals surface area contributed by atoms with Crippen molar-refractivity contribution >= 4 is 11.7 Å². The van der Waals surface area contributed by atoms with Crippen LogP contribution in [0.15, 0.2) is 5.10 Å². The summed E-state index contributed by atoms with van der Waals surface area (Å²) in [6, 6.07) is -0.617. The third-order valence-corrected chi connectivity index (χ3v) is 3.55. The maximum absolute atomic E-state index is 10.8. The maximum Gasteiger partial charge on any atom is 0.332 e. The Morgan fingerprint density at radius 1 is 1.35 bits per heavy atom. The van der Waals surface area contributed by atoms with Crippen LogP contribution in [-0.2, 0) is 4.74 Å². The molecule has 0 aromatic rings. The summed E-state index contributed by atoms with van der Waals surface area (Å²) in [5.41, 5.74) is 7.89. The van der Waals surface area contributed by atoms with Crippen LogP contribution >= 0.6 is 0 Å². The molecule has 96 valence electrons. The fraction of sp³-hybridized carbons (Fsp3) is 0.833. The number of hydrazone groups is 1. The smallest absolute Gasteiger partial charge is 0.332 e. The van der Waals surface area contributed by atoms with E-state index in [4.69, 9.17) is 10.5 Å².